The molecule has 4 nitrogen and oxygen atoms in total. The van der Waals surface area contributed by atoms with E-state index >= 15 is 0 Å². The van der Waals surface area contributed by atoms with Gasteiger partial charge in [0.05, 0.1) is 11.3 Å². The van der Waals surface area contributed by atoms with Gasteiger partial charge in [-0.1, -0.05) is 18.2 Å². The van der Waals surface area contributed by atoms with Crippen molar-refractivity contribution < 1.29 is 4.79 Å². The molecule has 0 spiro atoms. The van der Waals surface area contributed by atoms with Crippen molar-refractivity contribution in [2.45, 2.75) is 0 Å². The van der Waals surface area contributed by atoms with Crippen molar-refractivity contribution in [3.05, 3.63) is 40.9 Å². The monoisotopic (exact) mass is 251 g/mol. The van der Waals surface area contributed by atoms with Gasteiger partial charge in [-0.15, -0.1) is 0 Å². The molecular weight excluding hydrogens is 238 g/mol. The summed E-state index contributed by atoms with van der Waals surface area (Å²) in [5.41, 5.74) is 6.41. The molecule has 0 heterocycles. The van der Waals surface area contributed by atoms with Gasteiger partial charge in [0.25, 0.3) is 0 Å². The second-order valence-electron chi connectivity index (χ2n) is 3.81. The second-order valence-corrected chi connectivity index (χ2v) is 4.25. The Labute approximate surface area is 105 Å². The first kappa shape index (κ1) is 13.3. The average molecular weight is 252 g/mol. The molecule has 0 aliphatic heterocycles. The molecule has 1 aromatic carbocycles. The Morgan fingerprint density at radius 3 is 2.47 bits per heavy atom. The standard InChI is InChI=1S/C12H14ClN3O/c1-7(12(15)17)11(14)8-4-9(13)6-10(5-8)16(2)3/h4-6,14H,1H2,2-3H3,(H2,15,17). The molecule has 0 saturated carbocycles. The average Bonchev–Trinajstić information content (AvgIpc) is 2.25. The zero-order valence-electron chi connectivity index (χ0n) is 9.75. The van der Waals surface area contributed by atoms with Crippen LogP contribution in [-0.2, 0) is 4.79 Å². The lowest BCUT2D eigenvalue weighted by molar-refractivity contribution is -0.114. The van der Waals surface area contributed by atoms with Crippen molar-refractivity contribution in [1.29, 1.82) is 5.41 Å². The van der Waals surface area contributed by atoms with Gasteiger partial charge in [0.2, 0.25) is 5.91 Å². The molecule has 0 atom stereocenters. The molecule has 1 amide bonds. The fourth-order valence-corrected chi connectivity index (χ4v) is 1.50. The van der Waals surface area contributed by atoms with Crippen LogP contribution in [0.1, 0.15) is 5.56 Å². The zero-order valence-corrected chi connectivity index (χ0v) is 10.5. The number of hydrogen-bond donors (Lipinski definition) is 2. The molecule has 0 bridgehead atoms. The van der Waals surface area contributed by atoms with E-state index in [0.717, 1.165) is 5.69 Å². The first-order valence-corrected chi connectivity index (χ1v) is 5.26. The Balaban J connectivity index is 3.19. The van der Waals surface area contributed by atoms with Gasteiger partial charge in [-0.25, -0.2) is 0 Å². The van der Waals surface area contributed by atoms with Crippen LogP contribution in [-0.4, -0.2) is 25.7 Å². The number of anilines is 1. The quantitative estimate of drug-likeness (QED) is 0.633. The SMILES string of the molecule is C=C(C(=N)c1cc(Cl)cc(N(C)C)c1)C(N)=O. The van der Waals surface area contributed by atoms with E-state index in [9.17, 15) is 4.79 Å². The summed E-state index contributed by atoms with van der Waals surface area (Å²) in [7, 11) is 3.73. The van der Waals surface area contributed by atoms with E-state index in [1.807, 2.05) is 19.0 Å². The van der Waals surface area contributed by atoms with E-state index in [0.29, 0.717) is 10.6 Å². The number of benzene rings is 1. The van der Waals surface area contributed by atoms with Gasteiger partial charge in [0.1, 0.15) is 0 Å². The molecule has 0 radical (unpaired) electrons. The van der Waals surface area contributed by atoms with Gasteiger partial charge in [-0.3, -0.25) is 10.2 Å². The minimum Gasteiger partial charge on any atom is -0.378 e. The molecule has 0 unspecified atom stereocenters. The summed E-state index contributed by atoms with van der Waals surface area (Å²) in [6.07, 6.45) is 0. The third-order valence-corrected chi connectivity index (χ3v) is 2.51. The van der Waals surface area contributed by atoms with Crippen molar-refractivity contribution in [2.24, 2.45) is 5.73 Å². The molecule has 0 fully saturated rings. The number of amides is 1. The number of halogens is 1. The highest BCUT2D eigenvalue weighted by atomic mass is 35.5. The lowest BCUT2D eigenvalue weighted by Crippen LogP contribution is -2.20. The molecule has 1 rings (SSSR count). The predicted molar refractivity (Wildman–Crippen MR) is 70.9 cm³/mol. The summed E-state index contributed by atoms with van der Waals surface area (Å²) in [5.74, 6) is -0.707. The molecular formula is C12H14ClN3O. The molecule has 3 N–H and O–H groups in total. The maximum atomic E-state index is 11.0. The third kappa shape index (κ3) is 3.07. The number of primary amides is 1. The topological polar surface area (TPSA) is 70.2 Å². The zero-order chi connectivity index (χ0) is 13.2. The van der Waals surface area contributed by atoms with Gasteiger partial charge in [-0.2, -0.15) is 0 Å². The first-order chi connectivity index (χ1) is 7.82. The number of carbonyl (C=O) groups is 1. The van der Waals surface area contributed by atoms with Crippen molar-refractivity contribution in [3.8, 4) is 0 Å². The van der Waals surface area contributed by atoms with Gasteiger partial charge in [0.15, 0.2) is 0 Å². The lowest BCUT2D eigenvalue weighted by atomic mass is 10.0. The molecule has 0 aromatic heterocycles. The number of hydrogen-bond acceptors (Lipinski definition) is 3. The smallest absolute Gasteiger partial charge is 0.250 e. The molecule has 17 heavy (non-hydrogen) atoms. The van der Waals surface area contributed by atoms with Crippen LogP contribution in [0.15, 0.2) is 30.4 Å². The number of nitrogens with zero attached hydrogens (tertiary/aromatic N) is 1. The van der Waals surface area contributed by atoms with E-state index in [2.05, 4.69) is 6.58 Å². The largest absolute Gasteiger partial charge is 0.378 e. The minimum absolute atomic E-state index is 0.0110. The van der Waals surface area contributed by atoms with E-state index in [-0.39, 0.29) is 11.3 Å². The normalized spacial score (nSPS) is 9.82. The van der Waals surface area contributed by atoms with Crippen LogP contribution in [0.4, 0.5) is 5.69 Å². The highest BCUT2D eigenvalue weighted by molar-refractivity contribution is 6.32. The number of nitrogens with one attached hydrogen (secondary N) is 1. The van der Waals surface area contributed by atoms with Gasteiger partial charge in [0, 0.05) is 30.4 Å². The van der Waals surface area contributed by atoms with Crippen molar-refractivity contribution in [2.75, 3.05) is 19.0 Å². The summed E-state index contributed by atoms with van der Waals surface area (Å²) >= 11 is 5.95. The molecule has 0 aliphatic rings. The summed E-state index contributed by atoms with van der Waals surface area (Å²) in [6, 6.07) is 5.12. The van der Waals surface area contributed by atoms with Crippen molar-refractivity contribution >= 4 is 28.9 Å². The fourth-order valence-electron chi connectivity index (χ4n) is 1.27. The first-order valence-electron chi connectivity index (χ1n) is 4.89. The van der Waals surface area contributed by atoms with Gasteiger partial charge in [-0.05, 0) is 18.2 Å². The van der Waals surface area contributed by atoms with Crippen molar-refractivity contribution in [1.82, 2.24) is 0 Å². The highest BCUT2D eigenvalue weighted by Crippen LogP contribution is 2.22. The summed E-state index contributed by atoms with van der Waals surface area (Å²) in [6.45, 7) is 3.48. The van der Waals surface area contributed by atoms with E-state index in [4.69, 9.17) is 22.7 Å². The molecule has 5 heteroatoms. The Morgan fingerprint density at radius 2 is 2.00 bits per heavy atom. The van der Waals surface area contributed by atoms with Crippen LogP contribution < -0.4 is 10.6 Å². The van der Waals surface area contributed by atoms with Crippen LogP contribution in [0.5, 0.6) is 0 Å². The number of carbonyl (C=O) groups excluding carboxylic acids is 1. The van der Waals surface area contributed by atoms with Crippen LogP contribution in [0.25, 0.3) is 0 Å². The van der Waals surface area contributed by atoms with Crippen molar-refractivity contribution in [3.63, 3.8) is 0 Å². The Morgan fingerprint density at radius 1 is 1.41 bits per heavy atom. The fraction of sp³-hybridized carbons (Fsp3) is 0.167. The number of nitrogens with two attached hydrogens (primary N) is 1. The van der Waals surface area contributed by atoms with Crippen LogP contribution >= 0.6 is 11.6 Å². The Bertz CT molecular complexity index is 495. The molecule has 1 aromatic rings. The van der Waals surface area contributed by atoms with E-state index < -0.39 is 5.91 Å². The van der Waals surface area contributed by atoms with E-state index in [1.165, 1.54) is 0 Å². The second kappa shape index (κ2) is 5.01. The lowest BCUT2D eigenvalue weighted by Gasteiger charge is -2.15. The van der Waals surface area contributed by atoms with Crippen LogP contribution in [0.3, 0.4) is 0 Å². The Kier molecular flexibility index (Phi) is 3.91. The summed E-state index contributed by atoms with van der Waals surface area (Å²) in [4.78, 5) is 12.8. The minimum atomic E-state index is -0.707. The molecule has 0 saturated heterocycles. The van der Waals surface area contributed by atoms with Crippen LogP contribution in [0.2, 0.25) is 5.02 Å². The van der Waals surface area contributed by atoms with Gasteiger partial charge >= 0.3 is 0 Å². The summed E-state index contributed by atoms with van der Waals surface area (Å²) < 4.78 is 0. The predicted octanol–water partition coefficient (Wildman–Crippen LogP) is 1.82. The van der Waals surface area contributed by atoms with Gasteiger partial charge < -0.3 is 10.6 Å². The highest BCUT2D eigenvalue weighted by Gasteiger charge is 2.12. The maximum Gasteiger partial charge on any atom is 0.250 e. The Hall–Kier alpha value is -1.81. The molecule has 0 aliphatic carbocycles. The van der Waals surface area contributed by atoms with Crippen LogP contribution in [0, 0.1) is 5.41 Å². The maximum absolute atomic E-state index is 11.0. The summed E-state index contributed by atoms with van der Waals surface area (Å²) in [5, 5.41) is 8.32. The number of rotatable bonds is 4. The third-order valence-electron chi connectivity index (χ3n) is 2.29. The molecule has 90 valence electrons. The van der Waals surface area contributed by atoms with E-state index in [1.54, 1.807) is 18.2 Å².